The fourth-order valence-corrected chi connectivity index (χ4v) is 1.96. The lowest BCUT2D eigenvalue weighted by Crippen LogP contribution is -2.18. The number of alkyl halides is 3. The Morgan fingerprint density at radius 3 is 2.75 bits per heavy atom. The molecule has 100 valence electrons. The SMILES string of the molecule is N#Cc1cc2c(cc1C(F)(F)F)[nH]c(=O)n1ncnc21. The number of nitrogens with one attached hydrogen (secondary N) is 1. The van der Waals surface area contributed by atoms with E-state index in [9.17, 15) is 18.0 Å². The number of aromatic amines is 1. The molecule has 0 aliphatic rings. The van der Waals surface area contributed by atoms with Gasteiger partial charge in [-0.1, -0.05) is 0 Å². The lowest BCUT2D eigenvalue weighted by atomic mass is 10.0. The Kier molecular flexibility index (Phi) is 2.31. The van der Waals surface area contributed by atoms with Crippen LogP contribution in [-0.2, 0) is 6.18 Å². The van der Waals surface area contributed by atoms with Gasteiger partial charge in [0.1, 0.15) is 6.33 Å². The van der Waals surface area contributed by atoms with Crippen LogP contribution in [0.2, 0.25) is 0 Å². The summed E-state index contributed by atoms with van der Waals surface area (Å²) in [5.41, 5.74) is -2.31. The van der Waals surface area contributed by atoms with Crippen molar-refractivity contribution in [3.05, 3.63) is 40.1 Å². The molecule has 0 saturated carbocycles. The molecular formula is C11H4F3N5O. The van der Waals surface area contributed by atoms with Gasteiger partial charge in [-0.25, -0.2) is 9.78 Å². The average molecular weight is 279 g/mol. The molecule has 0 radical (unpaired) electrons. The lowest BCUT2D eigenvalue weighted by molar-refractivity contribution is -0.137. The van der Waals surface area contributed by atoms with Gasteiger partial charge in [0.05, 0.1) is 22.7 Å². The van der Waals surface area contributed by atoms with E-state index in [1.165, 1.54) is 6.07 Å². The van der Waals surface area contributed by atoms with Gasteiger partial charge in [-0.3, -0.25) is 0 Å². The van der Waals surface area contributed by atoms with E-state index in [4.69, 9.17) is 5.26 Å². The van der Waals surface area contributed by atoms with Crippen LogP contribution in [0, 0.1) is 11.3 Å². The van der Waals surface area contributed by atoms with Gasteiger partial charge in [-0.15, -0.1) is 0 Å². The second-order valence-electron chi connectivity index (χ2n) is 3.98. The molecule has 0 aliphatic carbocycles. The van der Waals surface area contributed by atoms with Crippen molar-refractivity contribution in [1.29, 1.82) is 5.26 Å². The fourth-order valence-electron chi connectivity index (χ4n) is 1.96. The number of aromatic nitrogens is 4. The van der Waals surface area contributed by atoms with Crippen molar-refractivity contribution in [2.75, 3.05) is 0 Å². The van der Waals surface area contributed by atoms with Crippen LogP contribution in [0.25, 0.3) is 16.6 Å². The number of halogens is 3. The first-order valence-corrected chi connectivity index (χ1v) is 5.29. The Morgan fingerprint density at radius 2 is 2.10 bits per heavy atom. The highest BCUT2D eigenvalue weighted by Gasteiger charge is 2.34. The maximum absolute atomic E-state index is 12.8. The quantitative estimate of drug-likeness (QED) is 0.675. The first-order valence-electron chi connectivity index (χ1n) is 5.29. The van der Waals surface area contributed by atoms with Crippen LogP contribution in [0.1, 0.15) is 11.1 Å². The number of rotatable bonds is 0. The van der Waals surface area contributed by atoms with E-state index in [1.807, 2.05) is 0 Å². The van der Waals surface area contributed by atoms with Gasteiger partial charge in [-0.05, 0) is 12.1 Å². The number of fused-ring (bicyclic) bond motifs is 3. The molecule has 0 atom stereocenters. The maximum atomic E-state index is 12.8. The summed E-state index contributed by atoms with van der Waals surface area (Å²) in [6.45, 7) is 0. The third-order valence-corrected chi connectivity index (χ3v) is 2.81. The topological polar surface area (TPSA) is 86.8 Å². The zero-order valence-electron chi connectivity index (χ0n) is 9.56. The second kappa shape index (κ2) is 3.80. The summed E-state index contributed by atoms with van der Waals surface area (Å²) in [6.07, 6.45) is -3.58. The molecule has 0 fully saturated rings. The molecule has 2 aromatic heterocycles. The van der Waals surface area contributed by atoms with E-state index < -0.39 is 23.0 Å². The zero-order chi connectivity index (χ0) is 14.5. The van der Waals surface area contributed by atoms with E-state index >= 15 is 0 Å². The Hall–Kier alpha value is -2.89. The number of hydrogen-bond acceptors (Lipinski definition) is 4. The molecule has 0 amide bonds. The predicted molar refractivity (Wildman–Crippen MR) is 60.8 cm³/mol. The van der Waals surface area contributed by atoms with Gasteiger partial charge in [0, 0.05) is 5.39 Å². The van der Waals surface area contributed by atoms with Crippen LogP contribution in [0.15, 0.2) is 23.3 Å². The summed E-state index contributed by atoms with van der Waals surface area (Å²) in [6, 6.07) is 3.26. The number of H-pyrrole nitrogens is 1. The Morgan fingerprint density at radius 1 is 1.35 bits per heavy atom. The minimum atomic E-state index is -4.68. The number of nitriles is 1. The highest BCUT2D eigenvalue weighted by molar-refractivity contribution is 5.92. The van der Waals surface area contributed by atoms with Gasteiger partial charge in [-0.2, -0.15) is 28.0 Å². The monoisotopic (exact) mass is 279 g/mol. The van der Waals surface area contributed by atoms with Gasteiger partial charge in [0.2, 0.25) is 0 Å². The molecule has 1 aromatic carbocycles. The van der Waals surface area contributed by atoms with Gasteiger partial charge >= 0.3 is 11.9 Å². The summed E-state index contributed by atoms with van der Waals surface area (Å²) in [5.74, 6) is 0. The first-order chi connectivity index (χ1) is 9.41. The van der Waals surface area contributed by atoms with Gasteiger partial charge < -0.3 is 4.98 Å². The van der Waals surface area contributed by atoms with E-state index in [1.54, 1.807) is 0 Å². The molecule has 3 rings (SSSR count). The lowest BCUT2D eigenvalue weighted by Gasteiger charge is -2.10. The van der Waals surface area contributed by atoms with Crippen LogP contribution in [0.4, 0.5) is 13.2 Å². The molecule has 0 spiro atoms. The maximum Gasteiger partial charge on any atom is 0.417 e. The van der Waals surface area contributed by atoms with Crippen molar-refractivity contribution in [1.82, 2.24) is 19.6 Å². The van der Waals surface area contributed by atoms with Crippen LogP contribution in [-0.4, -0.2) is 19.6 Å². The molecule has 0 unspecified atom stereocenters. The summed E-state index contributed by atoms with van der Waals surface area (Å²) in [5, 5.41) is 12.7. The molecule has 20 heavy (non-hydrogen) atoms. The zero-order valence-corrected chi connectivity index (χ0v) is 9.56. The third-order valence-electron chi connectivity index (χ3n) is 2.81. The normalized spacial score (nSPS) is 11.9. The molecule has 0 aliphatic heterocycles. The Balaban J connectivity index is 2.52. The summed E-state index contributed by atoms with van der Waals surface area (Å²) in [4.78, 5) is 17.7. The molecule has 2 heterocycles. The highest BCUT2D eigenvalue weighted by Crippen LogP contribution is 2.34. The van der Waals surface area contributed by atoms with E-state index in [0.29, 0.717) is 0 Å². The average Bonchev–Trinajstić information content (AvgIpc) is 2.86. The first kappa shape index (κ1) is 12.2. The van der Waals surface area contributed by atoms with Crippen molar-refractivity contribution in [3.63, 3.8) is 0 Å². The van der Waals surface area contributed by atoms with Crippen LogP contribution in [0.3, 0.4) is 0 Å². The molecule has 0 bridgehead atoms. The fraction of sp³-hybridized carbons (Fsp3) is 0.0909. The standard InChI is InChI=1S/C11H4F3N5O/c12-11(13,14)7-2-8-6(1-5(7)3-15)9-16-4-17-19(9)10(20)18-8/h1-2,4H,(H,18,20). The van der Waals surface area contributed by atoms with Crippen LogP contribution in [0.5, 0.6) is 0 Å². The molecule has 0 saturated heterocycles. The third kappa shape index (κ3) is 1.62. The van der Waals surface area contributed by atoms with Crippen molar-refractivity contribution < 1.29 is 13.2 Å². The van der Waals surface area contributed by atoms with E-state index in [-0.39, 0.29) is 16.6 Å². The predicted octanol–water partition coefficient (Wildman–Crippen LogP) is 1.46. The molecule has 6 nitrogen and oxygen atoms in total. The summed E-state index contributed by atoms with van der Waals surface area (Å²) >= 11 is 0. The van der Waals surface area contributed by atoms with E-state index in [2.05, 4.69) is 15.1 Å². The van der Waals surface area contributed by atoms with Crippen molar-refractivity contribution in [2.24, 2.45) is 0 Å². The van der Waals surface area contributed by atoms with Gasteiger partial charge in [0.15, 0.2) is 5.65 Å². The van der Waals surface area contributed by atoms with Crippen LogP contribution >= 0.6 is 0 Å². The van der Waals surface area contributed by atoms with Gasteiger partial charge in [0.25, 0.3) is 0 Å². The molecule has 9 heteroatoms. The van der Waals surface area contributed by atoms with Crippen LogP contribution < -0.4 is 5.69 Å². The minimum Gasteiger partial charge on any atom is -0.305 e. The summed E-state index contributed by atoms with van der Waals surface area (Å²) in [7, 11) is 0. The molecular weight excluding hydrogens is 275 g/mol. The summed E-state index contributed by atoms with van der Waals surface area (Å²) < 4.78 is 39.4. The molecule has 1 N–H and O–H groups in total. The Bertz CT molecular complexity index is 931. The number of benzene rings is 1. The Labute approximate surface area is 108 Å². The molecule has 3 aromatic rings. The van der Waals surface area contributed by atoms with Crippen molar-refractivity contribution >= 4 is 16.6 Å². The largest absolute Gasteiger partial charge is 0.417 e. The highest BCUT2D eigenvalue weighted by atomic mass is 19.4. The van der Waals surface area contributed by atoms with Crippen molar-refractivity contribution in [3.8, 4) is 6.07 Å². The minimum absolute atomic E-state index is 0.0539. The van der Waals surface area contributed by atoms with Crippen molar-refractivity contribution in [2.45, 2.75) is 6.18 Å². The van der Waals surface area contributed by atoms with E-state index in [0.717, 1.165) is 23.0 Å². The number of nitrogens with zero attached hydrogens (tertiary/aromatic N) is 4. The number of hydrogen-bond donors (Lipinski definition) is 1. The smallest absolute Gasteiger partial charge is 0.305 e. The second-order valence-corrected chi connectivity index (χ2v) is 3.98.